The van der Waals surface area contributed by atoms with Crippen molar-refractivity contribution in [1.29, 1.82) is 0 Å². The SMILES string of the molecule is COC(=O)C(C)(C)[C@@H](N)c1ccc(O)c(C(=O)O)c1.Cl. The maximum absolute atomic E-state index is 11.7. The second-order valence-electron chi connectivity index (χ2n) is 4.77. The van der Waals surface area contributed by atoms with Crippen molar-refractivity contribution in [1.82, 2.24) is 0 Å². The highest BCUT2D eigenvalue weighted by atomic mass is 35.5. The highest BCUT2D eigenvalue weighted by Crippen LogP contribution is 2.34. The monoisotopic (exact) mass is 303 g/mol. The summed E-state index contributed by atoms with van der Waals surface area (Å²) in [6.45, 7) is 3.22. The van der Waals surface area contributed by atoms with Gasteiger partial charge in [0.1, 0.15) is 11.3 Å². The van der Waals surface area contributed by atoms with Gasteiger partial charge in [0.2, 0.25) is 0 Å². The van der Waals surface area contributed by atoms with Crippen molar-refractivity contribution in [2.45, 2.75) is 19.9 Å². The molecule has 112 valence electrons. The van der Waals surface area contributed by atoms with Gasteiger partial charge in [-0.3, -0.25) is 4.79 Å². The molecule has 1 aromatic rings. The van der Waals surface area contributed by atoms with Gasteiger partial charge < -0.3 is 20.7 Å². The molecule has 1 atom stereocenters. The average Bonchev–Trinajstić information content (AvgIpc) is 2.36. The number of rotatable bonds is 4. The van der Waals surface area contributed by atoms with Gasteiger partial charge in [-0.2, -0.15) is 0 Å². The zero-order chi connectivity index (χ0) is 14.8. The summed E-state index contributed by atoms with van der Waals surface area (Å²) < 4.78 is 4.67. The molecule has 0 fully saturated rings. The lowest BCUT2D eigenvalue weighted by atomic mass is 9.80. The van der Waals surface area contributed by atoms with E-state index in [2.05, 4.69) is 4.74 Å². The molecule has 0 radical (unpaired) electrons. The second-order valence-corrected chi connectivity index (χ2v) is 4.77. The molecule has 4 N–H and O–H groups in total. The van der Waals surface area contributed by atoms with Gasteiger partial charge in [-0.1, -0.05) is 6.07 Å². The van der Waals surface area contributed by atoms with Gasteiger partial charge in [0.25, 0.3) is 0 Å². The number of carbonyl (C=O) groups is 2. The Balaban J connectivity index is 0.00000361. The number of aromatic hydroxyl groups is 1. The van der Waals surface area contributed by atoms with E-state index >= 15 is 0 Å². The lowest BCUT2D eigenvalue weighted by Gasteiger charge is -2.29. The lowest BCUT2D eigenvalue weighted by molar-refractivity contribution is -0.152. The minimum atomic E-state index is -1.26. The van der Waals surface area contributed by atoms with Gasteiger partial charge in [-0.15, -0.1) is 12.4 Å². The number of benzene rings is 1. The van der Waals surface area contributed by atoms with Crippen molar-refractivity contribution in [2.24, 2.45) is 11.1 Å². The number of methoxy groups -OCH3 is 1. The first kappa shape index (κ1) is 18.2. The van der Waals surface area contributed by atoms with Crippen LogP contribution in [0.5, 0.6) is 5.75 Å². The van der Waals surface area contributed by atoms with Crippen molar-refractivity contribution in [3.05, 3.63) is 29.3 Å². The summed E-state index contributed by atoms with van der Waals surface area (Å²) in [7, 11) is 1.26. The number of carbonyl (C=O) groups excluding carboxylic acids is 1. The molecule has 1 rings (SSSR count). The summed E-state index contributed by atoms with van der Waals surface area (Å²) in [5, 5.41) is 18.4. The Hall–Kier alpha value is -1.79. The second kappa shape index (κ2) is 6.58. The standard InChI is InChI=1S/C13H17NO5.ClH/c1-13(2,12(18)19-3)10(14)7-4-5-9(15)8(6-7)11(16)17;/h4-6,10,15H,14H2,1-3H3,(H,16,17);1H/t10-;/m0./s1. The van der Waals surface area contributed by atoms with Crippen LogP contribution in [0, 0.1) is 5.41 Å². The van der Waals surface area contributed by atoms with E-state index in [1.54, 1.807) is 13.8 Å². The molecule has 6 nitrogen and oxygen atoms in total. The molecule has 0 aromatic heterocycles. The van der Waals surface area contributed by atoms with Gasteiger partial charge in [0.05, 0.1) is 12.5 Å². The Morgan fingerprint density at radius 3 is 2.35 bits per heavy atom. The fourth-order valence-electron chi connectivity index (χ4n) is 1.73. The third-order valence-corrected chi connectivity index (χ3v) is 3.10. The minimum Gasteiger partial charge on any atom is -0.507 e. The molecule has 0 bridgehead atoms. The van der Waals surface area contributed by atoms with Crippen LogP contribution in [0.15, 0.2) is 18.2 Å². The number of halogens is 1. The van der Waals surface area contributed by atoms with Crippen LogP contribution in [-0.2, 0) is 9.53 Å². The molecule has 0 spiro atoms. The van der Waals surface area contributed by atoms with Gasteiger partial charge >= 0.3 is 11.9 Å². The topological polar surface area (TPSA) is 110 Å². The maximum Gasteiger partial charge on any atom is 0.339 e. The lowest BCUT2D eigenvalue weighted by Crippen LogP contribution is -2.37. The minimum absolute atomic E-state index is 0. The quantitative estimate of drug-likeness (QED) is 0.730. The summed E-state index contributed by atoms with van der Waals surface area (Å²) in [4.78, 5) is 22.6. The van der Waals surface area contributed by atoms with Crippen molar-refractivity contribution < 1.29 is 24.5 Å². The summed E-state index contributed by atoms with van der Waals surface area (Å²) in [5.74, 6) is -2.10. The summed E-state index contributed by atoms with van der Waals surface area (Å²) >= 11 is 0. The summed E-state index contributed by atoms with van der Waals surface area (Å²) in [6, 6.07) is 3.23. The molecule has 0 aliphatic rings. The molecule has 1 aromatic carbocycles. The molecule has 0 unspecified atom stereocenters. The van der Waals surface area contributed by atoms with E-state index in [4.69, 9.17) is 10.8 Å². The first-order valence-corrected chi connectivity index (χ1v) is 5.62. The molecular weight excluding hydrogens is 286 g/mol. The highest BCUT2D eigenvalue weighted by Gasteiger charge is 2.37. The Bertz CT molecular complexity index is 515. The molecule has 0 aliphatic heterocycles. The number of esters is 1. The van der Waals surface area contributed by atoms with Gasteiger partial charge in [0, 0.05) is 6.04 Å². The van der Waals surface area contributed by atoms with Crippen LogP contribution in [0.3, 0.4) is 0 Å². The number of hydrogen-bond donors (Lipinski definition) is 3. The zero-order valence-electron chi connectivity index (χ0n) is 11.4. The third kappa shape index (κ3) is 3.40. The van der Waals surface area contributed by atoms with E-state index < -0.39 is 23.4 Å². The van der Waals surface area contributed by atoms with Crippen LogP contribution in [0.2, 0.25) is 0 Å². The fraction of sp³-hybridized carbons (Fsp3) is 0.385. The third-order valence-electron chi connectivity index (χ3n) is 3.10. The van der Waals surface area contributed by atoms with Gasteiger partial charge in [0.15, 0.2) is 0 Å². The number of hydrogen-bond acceptors (Lipinski definition) is 5. The van der Waals surface area contributed by atoms with Crippen LogP contribution >= 0.6 is 12.4 Å². The zero-order valence-corrected chi connectivity index (χ0v) is 12.2. The van der Waals surface area contributed by atoms with Gasteiger partial charge in [-0.05, 0) is 31.5 Å². The predicted molar refractivity (Wildman–Crippen MR) is 75.0 cm³/mol. The molecule has 20 heavy (non-hydrogen) atoms. The summed E-state index contributed by atoms with van der Waals surface area (Å²) in [5.41, 5.74) is 5.16. The van der Waals surface area contributed by atoms with E-state index in [-0.39, 0.29) is 23.7 Å². The van der Waals surface area contributed by atoms with E-state index in [1.807, 2.05) is 0 Å². The Labute approximate surface area is 123 Å². The average molecular weight is 304 g/mol. The van der Waals surface area contributed by atoms with E-state index in [0.29, 0.717) is 5.56 Å². The Morgan fingerprint density at radius 2 is 1.90 bits per heavy atom. The number of carboxylic acid groups (broad SMARTS) is 1. The summed E-state index contributed by atoms with van der Waals surface area (Å²) in [6.07, 6.45) is 0. The van der Waals surface area contributed by atoms with E-state index in [0.717, 1.165) is 0 Å². The number of phenols is 1. The molecule has 0 saturated carbocycles. The number of nitrogens with two attached hydrogens (primary N) is 1. The molecule has 0 saturated heterocycles. The van der Waals surface area contributed by atoms with Crippen molar-refractivity contribution >= 4 is 24.3 Å². The number of ether oxygens (including phenoxy) is 1. The predicted octanol–water partition coefficient (Wildman–Crippen LogP) is 1.71. The maximum atomic E-state index is 11.7. The molecule has 0 amide bonds. The van der Waals surface area contributed by atoms with Crippen molar-refractivity contribution in [2.75, 3.05) is 7.11 Å². The number of carboxylic acids is 1. The highest BCUT2D eigenvalue weighted by molar-refractivity contribution is 5.91. The van der Waals surface area contributed by atoms with Crippen LogP contribution in [0.25, 0.3) is 0 Å². The van der Waals surface area contributed by atoms with Crippen LogP contribution in [0.1, 0.15) is 35.8 Å². The smallest absolute Gasteiger partial charge is 0.339 e. The number of aromatic carboxylic acids is 1. The Kier molecular flexibility index (Phi) is 5.99. The molecule has 7 heteroatoms. The largest absolute Gasteiger partial charge is 0.507 e. The first-order valence-electron chi connectivity index (χ1n) is 5.62. The normalized spacial score (nSPS) is 12.2. The van der Waals surface area contributed by atoms with E-state index in [9.17, 15) is 14.7 Å². The molecular formula is C13H18ClNO5. The molecule has 0 aliphatic carbocycles. The first-order chi connectivity index (χ1) is 8.71. The van der Waals surface area contributed by atoms with E-state index in [1.165, 1.54) is 25.3 Å². The van der Waals surface area contributed by atoms with Crippen molar-refractivity contribution in [3.63, 3.8) is 0 Å². The fourth-order valence-corrected chi connectivity index (χ4v) is 1.73. The van der Waals surface area contributed by atoms with Gasteiger partial charge in [-0.25, -0.2) is 4.79 Å². The Morgan fingerprint density at radius 1 is 1.35 bits per heavy atom. The van der Waals surface area contributed by atoms with Crippen molar-refractivity contribution in [3.8, 4) is 5.75 Å². The van der Waals surface area contributed by atoms with Crippen LogP contribution < -0.4 is 5.73 Å². The van der Waals surface area contributed by atoms with Crippen LogP contribution in [-0.4, -0.2) is 29.3 Å². The van der Waals surface area contributed by atoms with Crippen LogP contribution in [0.4, 0.5) is 0 Å². The molecule has 0 heterocycles.